The molecule has 0 radical (unpaired) electrons. The number of carbonyl (C=O) groups excluding carboxylic acids is 2. The summed E-state index contributed by atoms with van der Waals surface area (Å²) in [6, 6.07) is 17.1. The highest BCUT2D eigenvalue weighted by Crippen LogP contribution is 2.35. The zero-order valence-electron chi connectivity index (χ0n) is 21.7. The van der Waals surface area contributed by atoms with Crippen molar-refractivity contribution in [2.75, 3.05) is 19.0 Å². The SMILES string of the molecule is COC(=O)c1[nH]c2ccc3nc(OCc4ccccc4)ccc3c2c1NC[C@@H](C)NC(=O)OC(C)(C)C. The number of hydrogen-bond acceptors (Lipinski definition) is 7. The molecule has 9 heteroatoms. The van der Waals surface area contributed by atoms with E-state index in [4.69, 9.17) is 14.2 Å². The highest BCUT2D eigenvalue weighted by Gasteiger charge is 2.22. The monoisotopic (exact) mass is 504 g/mol. The number of amides is 1. The fourth-order valence-corrected chi connectivity index (χ4v) is 3.94. The zero-order valence-corrected chi connectivity index (χ0v) is 21.7. The number of benzene rings is 2. The number of nitrogens with zero attached hydrogens (tertiary/aromatic N) is 1. The van der Waals surface area contributed by atoms with Gasteiger partial charge < -0.3 is 29.8 Å². The van der Waals surface area contributed by atoms with Crippen LogP contribution in [-0.4, -0.2) is 47.3 Å². The van der Waals surface area contributed by atoms with Gasteiger partial charge in [0.25, 0.3) is 0 Å². The number of methoxy groups -OCH3 is 1. The maximum atomic E-state index is 12.6. The number of alkyl carbamates (subject to hydrolysis) is 1. The van der Waals surface area contributed by atoms with E-state index < -0.39 is 17.7 Å². The van der Waals surface area contributed by atoms with Crippen LogP contribution in [-0.2, 0) is 16.1 Å². The summed E-state index contributed by atoms with van der Waals surface area (Å²) in [6.45, 7) is 8.02. The minimum absolute atomic E-state index is 0.281. The lowest BCUT2D eigenvalue weighted by Crippen LogP contribution is -2.40. The van der Waals surface area contributed by atoms with Crippen molar-refractivity contribution in [3.8, 4) is 5.88 Å². The second-order valence-corrected chi connectivity index (χ2v) is 9.77. The number of fused-ring (bicyclic) bond motifs is 3. The number of rotatable bonds is 8. The van der Waals surface area contributed by atoms with Gasteiger partial charge in [-0.2, -0.15) is 0 Å². The average molecular weight is 505 g/mol. The molecule has 0 aliphatic rings. The number of aromatic nitrogens is 2. The van der Waals surface area contributed by atoms with Crippen LogP contribution >= 0.6 is 0 Å². The van der Waals surface area contributed by atoms with Crippen molar-refractivity contribution >= 4 is 39.6 Å². The number of hydrogen-bond donors (Lipinski definition) is 3. The van der Waals surface area contributed by atoms with Crippen LogP contribution in [0.4, 0.5) is 10.5 Å². The van der Waals surface area contributed by atoms with Gasteiger partial charge in [0.15, 0.2) is 0 Å². The topological polar surface area (TPSA) is 115 Å². The van der Waals surface area contributed by atoms with Gasteiger partial charge in [-0.1, -0.05) is 30.3 Å². The average Bonchev–Trinajstić information content (AvgIpc) is 3.24. The summed E-state index contributed by atoms with van der Waals surface area (Å²) < 4.78 is 16.2. The highest BCUT2D eigenvalue weighted by molar-refractivity contribution is 6.17. The van der Waals surface area contributed by atoms with Gasteiger partial charge in [-0.3, -0.25) is 0 Å². The number of carbonyl (C=O) groups is 2. The summed E-state index contributed by atoms with van der Waals surface area (Å²) in [7, 11) is 1.33. The third-order valence-electron chi connectivity index (χ3n) is 5.57. The van der Waals surface area contributed by atoms with Gasteiger partial charge in [0.05, 0.1) is 18.3 Å². The summed E-state index contributed by atoms with van der Waals surface area (Å²) in [5, 5.41) is 7.75. The van der Waals surface area contributed by atoms with E-state index in [9.17, 15) is 9.59 Å². The van der Waals surface area contributed by atoms with E-state index in [1.807, 2.05) is 61.5 Å². The maximum absolute atomic E-state index is 12.6. The Labute approximate surface area is 215 Å². The molecule has 194 valence electrons. The second-order valence-electron chi connectivity index (χ2n) is 9.77. The molecule has 2 aromatic heterocycles. The molecule has 0 fully saturated rings. The molecule has 4 aromatic rings. The van der Waals surface area contributed by atoms with E-state index in [1.165, 1.54) is 7.11 Å². The number of nitrogens with one attached hydrogen (secondary N) is 3. The molecule has 0 bridgehead atoms. The highest BCUT2D eigenvalue weighted by atomic mass is 16.6. The van der Waals surface area contributed by atoms with Crippen molar-refractivity contribution in [2.45, 2.75) is 45.9 Å². The van der Waals surface area contributed by atoms with Crippen LogP contribution in [0.5, 0.6) is 5.88 Å². The first kappa shape index (κ1) is 25.8. The fourth-order valence-electron chi connectivity index (χ4n) is 3.94. The molecule has 37 heavy (non-hydrogen) atoms. The third kappa shape index (κ3) is 6.30. The Morgan fingerprint density at radius 2 is 1.81 bits per heavy atom. The van der Waals surface area contributed by atoms with Gasteiger partial charge in [-0.05, 0) is 51.5 Å². The first-order chi connectivity index (χ1) is 17.6. The van der Waals surface area contributed by atoms with E-state index in [1.54, 1.807) is 20.8 Å². The number of aromatic amines is 1. The zero-order chi connectivity index (χ0) is 26.6. The molecule has 3 N–H and O–H groups in total. The van der Waals surface area contributed by atoms with Crippen molar-refractivity contribution in [1.82, 2.24) is 15.3 Å². The van der Waals surface area contributed by atoms with E-state index in [-0.39, 0.29) is 6.04 Å². The molecule has 1 amide bonds. The van der Waals surface area contributed by atoms with Crippen molar-refractivity contribution in [2.24, 2.45) is 0 Å². The molecular weight excluding hydrogens is 472 g/mol. The smallest absolute Gasteiger partial charge is 0.407 e. The van der Waals surface area contributed by atoms with Crippen LogP contribution in [0.3, 0.4) is 0 Å². The second kappa shape index (κ2) is 10.8. The lowest BCUT2D eigenvalue weighted by molar-refractivity contribution is 0.0509. The van der Waals surface area contributed by atoms with Gasteiger partial charge in [0.1, 0.15) is 17.9 Å². The van der Waals surface area contributed by atoms with Gasteiger partial charge in [0, 0.05) is 34.9 Å². The predicted molar refractivity (Wildman–Crippen MR) is 143 cm³/mol. The number of pyridine rings is 1. The molecule has 0 saturated carbocycles. The minimum atomic E-state index is -0.596. The molecule has 1 atom stereocenters. The molecule has 0 aliphatic carbocycles. The Bertz CT molecular complexity index is 1410. The molecule has 0 aliphatic heterocycles. The van der Waals surface area contributed by atoms with Crippen LogP contribution < -0.4 is 15.4 Å². The number of esters is 1. The first-order valence-corrected chi connectivity index (χ1v) is 12.1. The normalized spacial score (nSPS) is 12.2. The third-order valence-corrected chi connectivity index (χ3v) is 5.57. The summed E-state index contributed by atoms with van der Waals surface area (Å²) >= 11 is 0. The number of anilines is 1. The van der Waals surface area contributed by atoms with Gasteiger partial charge >= 0.3 is 12.1 Å². The molecule has 9 nitrogen and oxygen atoms in total. The van der Waals surface area contributed by atoms with Gasteiger partial charge in [-0.15, -0.1) is 0 Å². The van der Waals surface area contributed by atoms with E-state index >= 15 is 0 Å². The van der Waals surface area contributed by atoms with Gasteiger partial charge in [0.2, 0.25) is 5.88 Å². The van der Waals surface area contributed by atoms with E-state index in [0.717, 1.165) is 27.4 Å². The molecule has 4 rings (SSSR count). The molecular formula is C28H32N4O5. The Kier molecular flexibility index (Phi) is 7.52. The van der Waals surface area contributed by atoms with Crippen molar-refractivity contribution < 1.29 is 23.8 Å². The summed E-state index contributed by atoms with van der Waals surface area (Å²) in [5.41, 5.74) is 2.79. The molecule has 2 heterocycles. The van der Waals surface area contributed by atoms with Crippen LogP contribution in [0.1, 0.15) is 43.7 Å². The first-order valence-electron chi connectivity index (χ1n) is 12.1. The standard InChI is InChI=1S/C28H32N4O5/c1-17(30-27(34)37-28(2,3)4)15-29-24-23-19-11-14-22(36-16-18-9-7-6-8-10-18)31-20(19)12-13-21(23)32-25(24)26(33)35-5/h6-14,17,29,32H,15-16H2,1-5H3,(H,30,34)/t17-/m1/s1. The van der Waals surface area contributed by atoms with Crippen molar-refractivity contribution in [1.29, 1.82) is 0 Å². The van der Waals surface area contributed by atoms with E-state index in [0.29, 0.717) is 30.4 Å². The fraction of sp³-hybridized carbons (Fsp3) is 0.321. The Hall–Kier alpha value is -4.27. The number of H-pyrrole nitrogens is 1. The van der Waals surface area contributed by atoms with Crippen molar-refractivity contribution in [3.05, 3.63) is 65.9 Å². The van der Waals surface area contributed by atoms with Crippen LogP contribution in [0.15, 0.2) is 54.6 Å². The molecule has 0 unspecified atom stereocenters. The largest absolute Gasteiger partial charge is 0.473 e. The molecule has 0 spiro atoms. The maximum Gasteiger partial charge on any atom is 0.407 e. The van der Waals surface area contributed by atoms with Crippen LogP contribution in [0, 0.1) is 0 Å². The van der Waals surface area contributed by atoms with Crippen LogP contribution in [0.25, 0.3) is 21.8 Å². The number of ether oxygens (including phenoxy) is 3. The Morgan fingerprint density at radius 3 is 2.51 bits per heavy atom. The molecule has 0 saturated heterocycles. The Balaban J connectivity index is 1.61. The molecule has 2 aromatic carbocycles. The predicted octanol–water partition coefficient (Wildman–Crippen LogP) is 5.41. The lowest BCUT2D eigenvalue weighted by atomic mass is 10.1. The summed E-state index contributed by atoms with van der Waals surface area (Å²) in [6.07, 6.45) is -0.508. The van der Waals surface area contributed by atoms with E-state index in [2.05, 4.69) is 20.6 Å². The minimum Gasteiger partial charge on any atom is -0.473 e. The summed E-state index contributed by atoms with van der Waals surface area (Å²) in [4.78, 5) is 32.6. The Morgan fingerprint density at radius 1 is 1.05 bits per heavy atom. The quantitative estimate of drug-likeness (QED) is 0.275. The lowest BCUT2D eigenvalue weighted by Gasteiger charge is -2.22. The van der Waals surface area contributed by atoms with Gasteiger partial charge in [-0.25, -0.2) is 14.6 Å². The van der Waals surface area contributed by atoms with Crippen molar-refractivity contribution in [3.63, 3.8) is 0 Å². The summed E-state index contributed by atoms with van der Waals surface area (Å²) in [5.74, 6) is -0.000462. The van der Waals surface area contributed by atoms with Crippen LogP contribution in [0.2, 0.25) is 0 Å².